The quantitative estimate of drug-likeness (QED) is 0.902. The van der Waals surface area contributed by atoms with Gasteiger partial charge in [0, 0.05) is 24.2 Å². The summed E-state index contributed by atoms with van der Waals surface area (Å²) in [7, 11) is 3.96. The number of rotatable bonds is 4. The lowest BCUT2D eigenvalue weighted by molar-refractivity contribution is 0.168. The van der Waals surface area contributed by atoms with Crippen LogP contribution >= 0.6 is 0 Å². The molecule has 0 aromatic heterocycles. The number of nitrogens with one attached hydrogen (secondary N) is 1. The Hall–Kier alpha value is -1.06. The van der Waals surface area contributed by atoms with Gasteiger partial charge in [0.25, 0.3) is 0 Å². The summed E-state index contributed by atoms with van der Waals surface area (Å²) in [6.45, 7) is 6.54. The monoisotopic (exact) mass is 262 g/mol. The minimum absolute atomic E-state index is 0.621. The van der Waals surface area contributed by atoms with Gasteiger partial charge in [0.1, 0.15) is 5.75 Å². The predicted octanol–water partition coefficient (Wildman–Crippen LogP) is 2.58. The Kier molecular flexibility index (Phi) is 4.83. The topological polar surface area (TPSA) is 24.5 Å². The lowest BCUT2D eigenvalue weighted by atomic mass is 9.98. The van der Waals surface area contributed by atoms with Crippen LogP contribution in [0.4, 0.5) is 0 Å². The van der Waals surface area contributed by atoms with Crippen molar-refractivity contribution in [3.63, 3.8) is 0 Å². The van der Waals surface area contributed by atoms with Crippen molar-refractivity contribution in [1.82, 2.24) is 10.2 Å². The van der Waals surface area contributed by atoms with Gasteiger partial charge in [-0.3, -0.25) is 0 Å². The summed E-state index contributed by atoms with van der Waals surface area (Å²) in [6.07, 6.45) is 2.46. The molecule has 1 saturated heterocycles. The van der Waals surface area contributed by atoms with Crippen LogP contribution in [0.2, 0.25) is 0 Å². The Balaban J connectivity index is 1.96. The van der Waals surface area contributed by atoms with Crippen LogP contribution in [-0.2, 0) is 6.54 Å². The molecule has 0 aliphatic carbocycles. The van der Waals surface area contributed by atoms with Crippen LogP contribution in [0.15, 0.2) is 18.2 Å². The first-order chi connectivity index (χ1) is 9.11. The van der Waals surface area contributed by atoms with Crippen molar-refractivity contribution < 1.29 is 4.74 Å². The first kappa shape index (κ1) is 14.4. The van der Waals surface area contributed by atoms with Crippen molar-refractivity contribution in [3.05, 3.63) is 29.3 Å². The van der Waals surface area contributed by atoms with E-state index in [1.807, 2.05) is 6.07 Å². The molecule has 3 nitrogen and oxygen atoms in total. The lowest BCUT2D eigenvalue weighted by Crippen LogP contribution is -2.45. The Bertz CT molecular complexity index is 419. The average molecular weight is 262 g/mol. The van der Waals surface area contributed by atoms with Crippen molar-refractivity contribution in [2.24, 2.45) is 0 Å². The number of nitrogens with zero attached hydrogens (tertiary/aromatic N) is 1. The van der Waals surface area contributed by atoms with E-state index in [1.165, 1.54) is 30.5 Å². The van der Waals surface area contributed by atoms with Crippen LogP contribution in [0, 0.1) is 6.92 Å². The number of aryl methyl sites for hydroxylation is 1. The molecule has 0 spiro atoms. The fraction of sp³-hybridized carbons (Fsp3) is 0.625. The molecule has 0 saturated carbocycles. The number of hydrogen-bond donors (Lipinski definition) is 1. The van der Waals surface area contributed by atoms with Crippen molar-refractivity contribution in [1.29, 1.82) is 0 Å². The van der Waals surface area contributed by atoms with Gasteiger partial charge in [0.2, 0.25) is 0 Å². The Labute approximate surface area is 116 Å². The molecule has 2 atom stereocenters. The highest BCUT2D eigenvalue weighted by molar-refractivity contribution is 5.39. The maximum atomic E-state index is 5.46. The van der Waals surface area contributed by atoms with E-state index in [2.05, 4.69) is 43.2 Å². The number of ether oxygens (including phenoxy) is 1. The van der Waals surface area contributed by atoms with Gasteiger partial charge in [-0.2, -0.15) is 0 Å². The summed E-state index contributed by atoms with van der Waals surface area (Å²) >= 11 is 0. The summed E-state index contributed by atoms with van der Waals surface area (Å²) < 4.78 is 5.46. The van der Waals surface area contributed by atoms with Gasteiger partial charge in [-0.15, -0.1) is 0 Å². The SMILES string of the molecule is COc1cccc(C)c1CNC1CCN(C)C(C)C1. The molecule has 2 unspecified atom stereocenters. The second-order valence-electron chi connectivity index (χ2n) is 5.69. The maximum Gasteiger partial charge on any atom is 0.123 e. The molecule has 2 rings (SSSR count). The third-order valence-corrected chi connectivity index (χ3v) is 4.36. The molecule has 1 aliphatic heterocycles. The van der Waals surface area contributed by atoms with Crippen LogP contribution in [0.25, 0.3) is 0 Å². The molecule has 0 amide bonds. The molecular weight excluding hydrogens is 236 g/mol. The average Bonchev–Trinajstić information content (AvgIpc) is 2.41. The number of hydrogen-bond acceptors (Lipinski definition) is 3. The third-order valence-electron chi connectivity index (χ3n) is 4.36. The largest absolute Gasteiger partial charge is 0.496 e. The zero-order valence-electron chi connectivity index (χ0n) is 12.6. The van der Waals surface area contributed by atoms with Gasteiger partial charge >= 0.3 is 0 Å². The van der Waals surface area contributed by atoms with E-state index in [9.17, 15) is 0 Å². The number of methoxy groups -OCH3 is 1. The van der Waals surface area contributed by atoms with Gasteiger partial charge < -0.3 is 15.0 Å². The fourth-order valence-electron chi connectivity index (χ4n) is 2.81. The van der Waals surface area contributed by atoms with Gasteiger partial charge in [0.15, 0.2) is 0 Å². The van der Waals surface area contributed by atoms with E-state index in [1.54, 1.807) is 7.11 Å². The second-order valence-corrected chi connectivity index (χ2v) is 5.69. The molecule has 106 valence electrons. The van der Waals surface area contributed by atoms with E-state index < -0.39 is 0 Å². The second kappa shape index (κ2) is 6.40. The van der Waals surface area contributed by atoms with E-state index in [-0.39, 0.29) is 0 Å². The summed E-state index contributed by atoms with van der Waals surface area (Å²) in [4.78, 5) is 2.44. The van der Waals surface area contributed by atoms with E-state index >= 15 is 0 Å². The van der Waals surface area contributed by atoms with Gasteiger partial charge in [-0.05, 0) is 51.9 Å². The van der Waals surface area contributed by atoms with Crippen LogP contribution in [0.3, 0.4) is 0 Å². The smallest absolute Gasteiger partial charge is 0.123 e. The zero-order valence-corrected chi connectivity index (χ0v) is 12.6. The number of benzene rings is 1. The lowest BCUT2D eigenvalue weighted by Gasteiger charge is -2.35. The molecular formula is C16H26N2O. The van der Waals surface area contributed by atoms with Crippen molar-refractivity contribution in [2.45, 2.75) is 45.3 Å². The summed E-state index contributed by atoms with van der Waals surface area (Å²) in [5, 5.41) is 3.70. The summed E-state index contributed by atoms with van der Waals surface area (Å²) in [6, 6.07) is 7.54. The molecule has 1 aromatic rings. The highest BCUT2D eigenvalue weighted by Crippen LogP contribution is 2.22. The molecule has 1 aliphatic rings. The molecule has 19 heavy (non-hydrogen) atoms. The molecule has 3 heteroatoms. The first-order valence-corrected chi connectivity index (χ1v) is 7.18. The van der Waals surface area contributed by atoms with Crippen LogP contribution in [0.5, 0.6) is 5.75 Å². The van der Waals surface area contributed by atoms with Gasteiger partial charge in [-0.1, -0.05) is 12.1 Å². The molecule has 0 bridgehead atoms. The number of piperidine rings is 1. The van der Waals surface area contributed by atoms with Crippen molar-refractivity contribution in [2.75, 3.05) is 20.7 Å². The van der Waals surface area contributed by atoms with Crippen LogP contribution in [-0.4, -0.2) is 37.7 Å². The number of likely N-dealkylation sites (tertiary alicyclic amines) is 1. The van der Waals surface area contributed by atoms with E-state index in [4.69, 9.17) is 4.74 Å². The Morgan fingerprint density at radius 2 is 2.21 bits per heavy atom. The van der Waals surface area contributed by atoms with E-state index in [0.29, 0.717) is 12.1 Å². The van der Waals surface area contributed by atoms with Gasteiger partial charge in [0.05, 0.1) is 7.11 Å². The molecule has 1 fully saturated rings. The van der Waals surface area contributed by atoms with Crippen LogP contribution < -0.4 is 10.1 Å². The Morgan fingerprint density at radius 3 is 2.89 bits per heavy atom. The third kappa shape index (κ3) is 3.48. The minimum Gasteiger partial charge on any atom is -0.496 e. The molecule has 1 aromatic carbocycles. The molecule has 0 radical (unpaired) electrons. The maximum absolute atomic E-state index is 5.46. The predicted molar refractivity (Wildman–Crippen MR) is 79.7 cm³/mol. The fourth-order valence-corrected chi connectivity index (χ4v) is 2.81. The minimum atomic E-state index is 0.621. The summed E-state index contributed by atoms with van der Waals surface area (Å²) in [5.74, 6) is 0.994. The molecule has 1 N–H and O–H groups in total. The normalized spacial score (nSPS) is 24.4. The van der Waals surface area contributed by atoms with Crippen molar-refractivity contribution >= 4 is 0 Å². The first-order valence-electron chi connectivity index (χ1n) is 7.18. The van der Waals surface area contributed by atoms with Crippen molar-refractivity contribution in [3.8, 4) is 5.75 Å². The highest BCUT2D eigenvalue weighted by Gasteiger charge is 2.22. The standard InChI is InChI=1S/C16H26N2O/c1-12-6-5-7-16(19-4)15(12)11-17-14-8-9-18(3)13(2)10-14/h5-7,13-14,17H,8-11H2,1-4H3. The van der Waals surface area contributed by atoms with Gasteiger partial charge in [-0.25, -0.2) is 0 Å². The summed E-state index contributed by atoms with van der Waals surface area (Å²) in [5.41, 5.74) is 2.59. The van der Waals surface area contributed by atoms with E-state index in [0.717, 1.165) is 12.3 Å². The highest BCUT2D eigenvalue weighted by atomic mass is 16.5. The van der Waals surface area contributed by atoms with Crippen LogP contribution in [0.1, 0.15) is 30.9 Å². The Morgan fingerprint density at radius 1 is 1.42 bits per heavy atom. The molecule has 1 heterocycles. The zero-order chi connectivity index (χ0) is 13.8.